The van der Waals surface area contributed by atoms with Gasteiger partial charge in [-0.3, -0.25) is 0 Å². The van der Waals surface area contributed by atoms with Crippen molar-refractivity contribution in [2.75, 3.05) is 0 Å². The minimum Gasteiger partial charge on any atom is -0.544 e. The van der Waals surface area contributed by atoms with E-state index < -0.39 is 12.0 Å². The molecule has 116 valence electrons. The van der Waals surface area contributed by atoms with E-state index in [1.165, 1.54) is 5.56 Å². The third-order valence-corrected chi connectivity index (χ3v) is 4.71. The summed E-state index contributed by atoms with van der Waals surface area (Å²) in [5.41, 5.74) is 5.55. The first-order valence-electron chi connectivity index (χ1n) is 7.85. The number of aromatic nitrogens is 1. The third-order valence-electron chi connectivity index (χ3n) is 4.71. The molecule has 2 atom stereocenters. The lowest BCUT2D eigenvalue weighted by molar-refractivity contribution is -0.717. The molecule has 23 heavy (non-hydrogen) atoms. The lowest BCUT2D eigenvalue weighted by Crippen LogP contribution is -2.95. The highest BCUT2D eigenvalue weighted by molar-refractivity contribution is 5.86. The fourth-order valence-corrected chi connectivity index (χ4v) is 3.63. The summed E-state index contributed by atoms with van der Waals surface area (Å²) in [7, 11) is 0. The maximum absolute atomic E-state index is 11.5. The summed E-state index contributed by atoms with van der Waals surface area (Å²) >= 11 is 0. The van der Waals surface area contributed by atoms with Gasteiger partial charge in [-0.2, -0.15) is 0 Å². The summed E-state index contributed by atoms with van der Waals surface area (Å²) in [4.78, 5) is 15.0. The summed E-state index contributed by atoms with van der Waals surface area (Å²) in [6, 6.07) is 15.7. The molecule has 1 aliphatic rings. The van der Waals surface area contributed by atoms with Gasteiger partial charge in [0.2, 0.25) is 0 Å². The van der Waals surface area contributed by atoms with Gasteiger partial charge < -0.3 is 20.2 Å². The van der Waals surface area contributed by atoms with Crippen molar-refractivity contribution < 1.29 is 15.2 Å². The van der Waals surface area contributed by atoms with Gasteiger partial charge in [0, 0.05) is 22.9 Å². The van der Waals surface area contributed by atoms with Crippen LogP contribution in [0.25, 0.3) is 10.9 Å². The minimum atomic E-state index is -1.00. The number of benzene rings is 2. The SMILES string of the molecule is Cc1cccc([C@@H]2[NH2+][C@H](C(=O)[O-])Cc3c2[nH]c2ccccc32)c1. The molecule has 0 spiro atoms. The predicted octanol–water partition coefficient (Wildman–Crippen LogP) is 0.804. The van der Waals surface area contributed by atoms with Crippen molar-refractivity contribution in [2.45, 2.75) is 25.4 Å². The number of aryl methyl sites for hydroxylation is 1. The van der Waals surface area contributed by atoms with Crippen molar-refractivity contribution in [1.29, 1.82) is 0 Å². The Labute approximate surface area is 134 Å². The number of hydrogen-bond acceptors (Lipinski definition) is 2. The van der Waals surface area contributed by atoms with Crippen molar-refractivity contribution in [1.82, 2.24) is 4.98 Å². The summed E-state index contributed by atoms with van der Waals surface area (Å²) in [5.74, 6) is -1.00. The molecule has 2 aromatic carbocycles. The molecule has 2 heterocycles. The van der Waals surface area contributed by atoms with Crippen LogP contribution in [0.4, 0.5) is 0 Å². The summed E-state index contributed by atoms with van der Waals surface area (Å²) in [5, 5.41) is 14.5. The lowest BCUT2D eigenvalue weighted by Gasteiger charge is -2.29. The Balaban J connectivity index is 1.91. The summed E-state index contributed by atoms with van der Waals surface area (Å²) < 4.78 is 0. The van der Waals surface area contributed by atoms with Crippen molar-refractivity contribution in [3.05, 3.63) is 70.9 Å². The lowest BCUT2D eigenvalue weighted by atomic mass is 9.90. The first kappa shape index (κ1) is 14.0. The fourth-order valence-electron chi connectivity index (χ4n) is 3.63. The first-order valence-corrected chi connectivity index (χ1v) is 7.85. The van der Waals surface area contributed by atoms with Gasteiger partial charge in [-0.15, -0.1) is 0 Å². The average Bonchev–Trinajstić information content (AvgIpc) is 2.92. The fraction of sp³-hybridized carbons (Fsp3) is 0.211. The molecule has 0 fully saturated rings. The maximum Gasteiger partial charge on any atom is 0.153 e. The number of aliphatic carboxylic acids is 1. The van der Waals surface area contributed by atoms with Gasteiger partial charge in [-0.1, -0.05) is 42.0 Å². The molecule has 4 rings (SSSR count). The average molecular weight is 306 g/mol. The molecule has 1 aromatic heterocycles. The van der Waals surface area contributed by atoms with Gasteiger partial charge >= 0.3 is 0 Å². The molecular formula is C19H18N2O2. The van der Waals surface area contributed by atoms with Crippen LogP contribution in [0.5, 0.6) is 0 Å². The quantitative estimate of drug-likeness (QED) is 0.735. The Morgan fingerprint density at radius 1 is 1.22 bits per heavy atom. The number of fused-ring (bicyclic) bond motifs is 3. The molecule has 0 amide bonds. The van der Waals surface area contributed by atoms with Gasteiger partial charge in [-0.25, -0.2) is 0 Å². The van der Waals surface area contributed by atoms with Gasteiger partial charge in [0.15, 0.2) is 6.04 Å². The first-order chi connectivity index (χ1) is 11.1. The van der Waals surface area contributed by atoms with E-state index in [-0.39, 0.29) is 6.04 Å². The van der Waals surface area contributed by atoms with E-state index in [0.717, 1.165) is 27.7 Å². The molecule has 0 radical (unpaired) electrons. The minimum absolute atomic E-state index is 0.0473. The largest absolute Gasteiger partial charge is 0.544 e. The maximum atomic E-state index is 11.5. The molecule has 0 saturated carbocycles. The molecule has 4 heteroatoms. The molecule has 3 aromatic rings. The van der Waals surface area contributed by atoms with Crippen LogP contribution in [0.2, 0.25) is 0 Å². The number of quaternary nitrogens is 1. The second-order valence-electron chi connectivity index (χ2n) is 6.28. The van der Waals surface area contributed by atoms with E-state index in [9.17, 15) is 9.90 Å². The van der Waals surface area contributed by atoms with Gasteiger partial charge in [0.05, 0.1) is 11.7 Å². The zero-order valence-electron chi connectivity index (χ0n) is 12.9. The van der Waals surface area contributed by atoms with Crippen LogP contribution in [0.1, 0.15) is 28.4 Å². The molecule has 0 unspecified atom stereocenters. The normalized spacial score (nSPS) is 20.4. The van der Waals surface area contributed by atoms with Crippen LogP contribution in [0.3, 0.4) is 0 Å². The Morgan fingerprint density at radius 3 is 2.83 bits per heavy atom. The number of hydrogen-bond donors (Lipinski definition) is 2. The van der Waals surface area contributed by atoms with Crippen molar-refractivity contribution in [2.24, 2.45) is 0 Å². The number of carbonyl (C=O) groups is 1. The van der Waals surface area contributed by atoms with E-state index in [1.807, 2.05) is 29.6 Å². The van der Waals surface area contributed by atoms with Crippen molar-refractivity contribution in [3.63, 3.8) is 0 Å². The van der Waals surface area contributed by atoms with Crippen molar-refractivity contribution in [3.8, 4) is 0 Å². The number of carboxylic acids is 1. The molecule has 0 bridgehead atoms. The molecule has 0 saturated heterocycles. The van der Waals surface area contributed by atoms with Crippen molar-refractivity contribution >= 4 is 16.9 Å². The smallest absolute Gasteiger partial charge is 0.153 e. The molecule has 1 aliphatic heterocycles. The highest BCUT2D eigenvalue weighted by atomic mass is 16.4. The van der Waals surface area contributed by atoms with E-state index in [2.05, 4.69) is 36.2 Å². The summed E-state index contributed by atoms with van der Waals surface area (Å²) in [6.07, 6.45) is 0.490. The van der Waals surface area contributed by atoms with Crippen LogP contribution >= 0.6 is 0 Å². The topological polar surface area (TPSA) is 72.5 Å². The number of carbonyl (C=O) groups excluding carboxylic acids is 1. The highest BCUT2D eigenvalue weighted by Crippen LogP contribution is 2.31. The predicted molar refractivity (Wildman–Crippen MR) is 85.7 cm³/mol. The molecule has 4 nitrogen and oxygen atoms in total. The van der Waals surface area contributed by atoms with Crippen LogP contribution < -0.4 is 10.4 Å². The van der Waals surface area contributed by atoms with Gasteiger partial charge in [0.25, 0.3) is 0 Å². The van der Waals surface area contributed by atoms with Gasteiger partial charge in [0.1, 0.15) is 6.04 Å². The summed E-state index contributed by atoms with van der Waals surface area (Å²) in [6.45, 7) is 2.05. The van der Waals surface area contributed by atoms with Crippen LogP contribution in [-0.4, -0.2) is 17.0 Å². The Bertz CT molecular complexity index is 897. The number of aromatic amines is 1. The number of para-hydroxylation sites is 1. The molecular weight excluding hydrogens is 288 g/mol. The van der Waals surface area contributed by atoms with Crippen LogP contribution in [-0.2, 0) is 11.2 Å². The molecule has 3 N–H and O–H groups in total. The zero-order chi connectivity index (χ0) is 16.0. The number of nitrogens with two attached hydrogens (primary N) is 1. The number of carboxylic acid groups (broad SMARTS) is 1. The van der Waals surface area contributed by atoms with E-state index in [0.29, 0.717) is 6.42 Å². The third kappa shape index (κ3) is 2.32. The Morgan fingerprint density at radius 2 is 2.04 bits per heavy atom. The molecule has 0 aliphatic carbocycles. The monoisotopic (exact) mass is 306 g/mol. The van der Waals surface area contributed by atoms with Gasteiger partial charge in [-0.05, 0) is 24.6 Å². The van der Waals surface area contributed by atoms with E-state index >= 15 is 0 Å². The van der Waals surface area contributed by atoms with Crippen LogP contribution in [0, 0.1) is 6.92 Å². The zero-order valence-corrected chi connectivity index (χ0v) is 12.9. The highest BCUT2D eigenvalue weighted by Gasteiger charge is 2.34. The van der Waals surface area contributed by atoms with E-state index in [1.54, 1.807) is 0 Å². The second-order valence-corrected chi connectivity index (χ2v) is 6.28. The van der Waals surface area contributed by atoms with E-state index in [4.69, 9.17) is 0 Å². The standard InChI is InChI=1S/C19H18N2O2/c1-11-5-4-6-12(9-11)17-18-14(10-16(21-17)19(22)23)13-7-2-3-8-15(13)20-18/h2-9,16-17,20-21H,10H2,1H3,(H,22,23)/t16-,17-/m0/s1. The second kappa shape index (κ2) is 5.25. The Hall–Kier alpha value is -2.59. The van der Waals surface area contributed by atoms with Crippen LogP contribution in [0.15, 0.2) is 48.5 Å². The number of rotatable bonds is 2. The number of nitrogens with one attached hydrogen (secondary N) is 1. The number of H-pyrrole nitrogens is 1. The Kier molecular flexibility index (Phi) is 3.20.